The first-order valence-electron chi connectivity index (χ1n) is 12.7. The first kappa shape index (κ1) is 27.4. The number of benzene rings is 2. The van der Waals surface area contributed by atoms with E-state index in [9.17, 15) is 27.6 Å². The van der Waals surface area contributed by atoms with Crippen LogP contribution in [0.5, 0.6) is 0 Å². The highest BCUT2D eigenvalue weighted by molar-refractivity contribution is 5.96. The van der Waals surface area contributed by atoms with Crippen molar-refractivity contribution < 1.29 is 27.6 Å². The first-order chi connectivity index (χ1) is 18.2. The van der Waals surface area contributed by atoms with Crippen molar-refractivity contribution in [3.8, 4) is 0 Å². The van der Waals surface area contributed by atoms with Crippen LogP contribution in [-0.2, 0) is 15.8 Å². The molecule has 2 aromatic rings. The third kappa shape index (κ3) is 7.44. The summed E-state index contributed by atoms with van der Waals surface area (Å²) in [5.41, 5.74) is -0.0874. The minimum absolute atomic E-state index is 0.00560. The summed E-state index contributed by atoms with van der Waals surface area (Å²) in [6.45, 7) is 2.55. The van der Waals surface area contributed by atoms with Gasteiger partial charge in [-0.15, -0.1) is 0 Å². The van der Waals surface area contributed by atoms with Crippen molar-refractivity contribution in [2.24, 2.45) is 0 Å². The van der Waals surface area contributed by atoms with Gasteiger partial charge >= 0.3 is 6.18 Å². The molecule has 4 rings (SSSR count). The highest BCUT2D eigenvalue weighted by Gasteiger charge is 2.33. The standard InChI is InChI=1S/C28H31F3N4O3/c29-28(30,31)22-8-4-7-21(17-22)27(38)32-18-25(36)33-23-11-14-35(19-23)24-12-15-34(16-13-24)26(37)10-9-20-5-2-1-3-6-20/h1-10,17,23-24H,11-16,18-19H2,(H,32,38)(H,33,36)/t23-/m1/s1. The molecular formula is C28H31F3N4O3. The molecule has 0 saturated carbocycles. The van der Waals surface area contributed by atoms with Crippen LogP contribution in [0.2, 0.25) is 0 Å². The molecule has 202 valence electrons. The molecule has 2 N–H and O–H groups in total. The third-order valence-corrected chi connectivity index (χ3v) is 6.96. The summed E-state index contributed by atoms with van der Waals surface area (Å²) in [5.74, 6) is -1.12. The van der Waals surface area contributed by atoms with Crippen LogP contribution >= 0.6 is 0 Å². The second-order valence-corrected chi connectivity index (χ2v) is 9.61. The van der Waals surface area contributed by atoms with Crippen LogP contribution in [0.1, 0.15) is 40.7 Å². The normalized spacial score (nSPS) is 19.0. The number of likely N-dealkylation sites (tertiary alicyclic amines) is 2. The highest BCUT2D eigenvalue weighted by Crippen LogP contribution is 2.29. The van der Waals surface area contributed by atoms with E-state index in [0.717, 1.165) is 49.6 Å². The summed E-state index contributed by atoms with van der Waals surface area (Å²) in [7, 11) is 0. The Balaban J connectivity index is 1.17. The molecule has 7 nitrogen and oxygen atoms in total. The van der Waals surface area contributed by atoms with E-state index < -0.39 is 17.6 Å². The molecule has 0 spiro atoms. The van der Waals surface area contributed by atoms with E-state index in [1.54, 1.807) is 6.08 Å². The summed E-state index contributed by atoms with van der Waals surface area (Å²) in [6.07, 6.45) is 1.38. The maximum absolute atomic E-state index is 12.9. The average molecular weight is 529 g/mol. The van der Waals surface area contributed by atoms with E-state index >= 15 is 0 Å². The predicted octanol–water partition coefficient (Wildman–Crippen LogP) is 3.33. The molecule has 1 atom stereocenters. The van der Waals surface area contributed by atoms with Gasteiger partial charge in [0.05, 0.1) is 12.1 Å². The zero-order valence-electron chi connectivity index (χ0n) is 20.9. The molecule has 2 aliphatic rings. The molecular weight excluding hydrogens is 497 g/mol. The second-order valence-electron chi connectivity index (χ2n) is 9.61. The van der Waals surface area contributed by atoms with Crippen LogP contribution in [0.4, 0.5) is 13.2 Å². The molecule has 2 heterocycles. The van der Waals surface area contributed by atoms with Crippen molar-refractivity contribution in [3.05, 3.63) is 77.4 Å². The van der Waals surface area contributed by atoms with Crippen molar-refractivity contribution in [2.75, 3.05) is 32.7 Å². The first-order valence-corrected chi connectivity index (χ1v) is 12.7. The Hall–Kier alpha value is -3.66. The van der Waals surface area contributed by atoms with Crippen molar-refractivity contribution in [1.82, 2.24) is 20.4 Å². The van der Waals surface area contributed by atoms with E-state index in [2.05, 4.69) is 15.5 Å². The maximum Gasteiger partial charge on any atom is 0.416 e. The monoisotopic (exact) mass is 528 g/mol. The molecule has 38 heavy (non-hydrogen) atoms. The number of carbonyl (C=O) groups excluding carboxylic acids is 3. The third-order valence-electron chi connectivity index (χ3n) is 6.96. The molecule has 2 aromatic carbocycles. The quantitative estimate of drug-likeness (QED) is 0.541. The van der Waals surface area contributed by atoms with Crippen LogP contribution in [0, 0.1) is 0 Å². The molecule has 0 bridgehead atoms. The molecule has 0 radical (unpaired) electrons. The summed E-state index contributed by atoms with van der Waals surface area (Å²) < 4.78 is 38.6. The van der Waals surface area contributed by atoms with Gasteiger partial charge in [-0.2, -0.15) is 13.2 Å². The molecule has 3 amide bonds. The SMILES string of the molecule is O=C(CNC(=O)c1cccc(C(F)(F)F)c1)N[C@@H]1CCN(C2CCN(C(=O)C=Cc3ccccc3)CC2)C1. The van der Waals surface area contributed by atoms with Crippen LogP contribution in [0.3, 0.4) is 0 Å². The van der Waals surface area contributed by atoms with E-state index in [4.69, 9.17) is 0 Å². The minimum Gasteiger partial charge on any atom is -0.350 e. The zero-order valence-corrected chi connectivity index (χ0v) is 20.9. The van der Waals surface area contributed by atoms with E-state index in [0.29, 0.717) is 25.7 Å². The van der Waals surface area contributed by atoms with Gasteiger partial charge in [-0.25, -0.2) is 0 Å². The Kier molecular flexibility index (Phi) is 8.83. The molecule has 10 heteroatoms. The van der Waals surface area contributed by atoms with Crippen molar-refractivity contribution in [2.45, 2.75) is 37.5 Å². The number of rotatable bonds is 7. The fraction of sp³-hybridized carbons (Fsp3) is 0.393. The van der Waals surface area contributed by atoms with Crippen LogP contribution in [0.15, 0.2) is 60.7 Å². The van der Waals surface area contributed by atoms with Gasteiger partial charge in [0.25, 0.3) is 5.91 Å². The van der Waals surface area contributed by atoms with Gasteiger partial charge in [-0.05, 0) is 49.1 Å². The summed E-state index contributed by atoms with van der Waals surface area (Å²) >= 11 is 0. The van der Waals surface area contributed by atoms with Crippen molar-refractivity contribution in [3.63, 3.8) is 0 Å². The Labute approximate surface area is 219 Å². The van der Waals surface area contributed by atoms with Gasteiger partial charge in [0, 0.05) is 49.9 Å². The predicted molar refractivity (Wildman–Crippen MR) is 137 cm³/mol. The molecule has 0 unspecified atom stereocenters. The van der Waals surface area contributed by atoms with Gasteiger partial charge in [-0.3, -0.25) is 19.3 Å². The number of halogens is 3. The maximum atomic E-state index is 12.9. The van der Waals surface area contributed by atoms with Crippen molar-refractivity contribution in [1.29, 1.82) is 0 Å². The smallest absolute Gasteiger partial charge is 0.350 e. The van der Waals surface area contributed by atoms with Gasteiger partial charge in [0.1, 0.15) is 0 Å². The topological polar surface area (TPSA) is 81.8 Å². The number of carbonyl (C=O) groups is 3. The molecule has 0 aliphatic carbocycles. The number of nitrogens with one attached hydrogen (secondary N) is 2. The number of piperidine rings is 1. The number of hydrogen-bond acceptors (Lipinski definition) is 4. The van der Waals surface area contributed by atoms with Crippen LogP contribution < -0.4 is 10.6 Å². The lowest BCUT2D eigenvalue weighted by atomic mass is 10.0. The van der Waals surface area contributed by atoms with Crippen LogP contribution in [0.25, 0.3) is 6.08 Å². The fourth-order valence-corrected chi connectivity index (χ4v) is 4.90. The molecule has 2 fully saturated rings. The molecule has 2 aliphatic heterocycles. The lowest BCUT2D eigenvalue weighted by molar-refractivity contribution is -0.137. The number of amides is 3. The summed E-state index contributed by atoms with van der Waals surface area (Å²) in [6, 6.07) is 14.0. The molecule has 2 saturated heterocycles. The Morgan fingerprint density at radius 2 is 1.68 bits per heavy atom. The Morgan fingerprint density at radius 3 is 2.39 bits per heavy atom. The average Bonchev–Trinajstić information content (AvgIpc) is 3.39. The van der Waals surface area contributed by atoms with Crippen molar-refractivity contribution >= 4 is 23.8 Å². The lowest BCUT2D eigenvalue weighted by Gasteiger charge is -2.36. The summed E-state index contributed by atoms with van der Waals surface area (Å²) in [4.78, 5) is 41.3. The second kappa shape index (κ2) is 12.3. The minimum atomic E-state index is -4.55. The van der Waals surface area contributed by atoms with E-state index in [1.165, 1.54) is 6.07 Å². The van der Waals surface area contributed by atoms with Gasteiger partial charge in [0.15, 0.2) is 0 Å². The Bertz CT molecular complexity index is 1160. The zero-order chi connectivity index (χ0) is 27.1. The highest BCUT2D eigenvalue weighted by atomic mass is 19.4. The summed E-state index contributed by atoms with van der Waals surface area (Å²) in [5, 5.41) is 5.29. The Morgan fingerprint density at radius 1 is 0.947 bits per heavy atom. The number of alkyl halides is 3. The van der Waals surface area contributed by atoms with Gasteiger partial charge in [0.2, 0.25) is 11.8 Å². The van der Waals surface area contributed by atoms with Crippen LogP contribution in [-0.4, -0.2) is 72.3 Å². The van der Waals surface area contributed by atoms with E-state index in [1.807, 2.05) is 41.3 Å². The van der Waals surface area contributed by atoms with Gasteiger partial charge < -0.3 is 15.5 Å². The van der Waals surface area contributed by atoms with E-state index in [-0.39, 0.29) is 30.0 Å². The largest absolute Gasteiger partial charge is 0.416 e. The number of hydrogen-bond donors (Lipinski definition) is 2. The number of nitrogens with zero attached hydrogens (tertiary/aromatic N) is 2. The fourth-order valence-electron chi connectivity index (χ4n) is 4.90. The molecule has 0 aromatic heterocycles. The lowest BCUT2D eigenvalue weighted by Crippen LogP contribution is -2.47. The van der Waals surface area contributed by atoms with Gasteiger partial charge in [-0.1, -0.05) is 36.4 Å².